The quantitative estimate of drug-likeness (QED) is 0.433. The lowest BCUT2D eigenvalue weighted by molar-refractivity contribution is 0.394. The Labute approximate surface area is 106 Å². The van der Waals surface area contributed by atoms with Crippen molar-refractivity contribution in [3.63, 3.8) is 0 Å². The van der Waals surface area contributed by atoms with Gasteiger partial charge in [0.25, 0.3) is 0 Å². The highest BCUT2D eigenvalue weighted by molar-refractivity contribution is 5.09. The van der Waals surface area contributed by atoms with E-state index < -0.39 is 0 Å². The molecule has 0 heterocycles. The van der Waals surface area contributed by atoms with Gasteiger partial charge in [-0.15, -0.1) is 0 Å². The van der Waals surface area contributed by atoms with Crippen LogP contribution in [-0.4, -0.2) is 0 Å². The van der Waals surface area contributed by atoms with Crippen LogP contribution < -0.4 is 0 Å². The number of unbranched alkanes of at least 4 members (excludes halogenated alkanes) is 6. The van der Waals surface area contributed by atoms with Gasteiger partial charge < -0.3 is 0 Å². The molecule has 1 fully saturated rings. The maximum absolute atomic E-state index is 8.42. The molecule has 0 saturated heterocycles. The first-order valence-corrected chi connectivity index (χ1v) is 7.45. The zero-order valence-electron chi connectivity index (χ0n) is 10.9. The summed E-state index contributed by atoms with van der Waals surface area (Å²) in [6, 6.07) is 2.22. The Morgan fingerprint density at radius 3 is 2.35 bits per heavy atom. The Morgan fingerprint density at radius 2 is 1.71 bits per heavy atom. The molecular weight excluding hydrogens is 206 g/mol. The maximum atomic E-state index is 8.42. The molecule has 94 valence electrons. The molecule has 0 aromatic rings. The summed E-state index contributed by atoms with van der Waals surface area (Å²) >= 11 is 0. The van der Waals surface area contributed by atoms with Gasteiger partial charge in [-0.1, -0.05) is 44.3 Å². The van der Waals surface area contributed by atoms with Crippen molar-refractivity contribution in [1.82, 2.24) is 0 Å². The monoisotopic (exact) mass is 231 g/mol. The minimum atomic E-state index is 0.747. The van der Waals surface area contributed by atoms with Gasteiger partial charge in [-0.2, -0.15) is 5.26 Å². The van der Waals surface area contributed by atoms with Gasteiger partial charge in [0.05, 0.1) is 6.07 Å². The summed E-state index contributed by atoms with van der Waals surface area (Å²) < 4.78 is 0. The van der Waals surface area contributed by atoms with Gasteiger partial charge in [-0.25, -0.2) is 0 Å². The summed E-state index contributed by atoms with van der Waals surface area (Å²) in [6.07, 6.45) is 18.0. The van der Waals surface area contributed by atoms with Crippen LogP contribution in [0.15, 0.2) is 12.2 Å². The molecule has 0 aliphatic heterocycles. The SMILES string of the molecule is N#CCCCCCCCCC1CC2C=CC1C2. The molecule has 2 bridgehead atoms. The highest BCUT2D eigenvalue weighted by Crippen LogP contribution is 2.45. The summed E-state index contributed by atoms with van der Waals surface area (Å²) in [7, 11) is 0. The minimum absolute atomic E-state index is 0.747. The highest BCUT2D eigenvalue weighted by atomic mass is 14.4. The smallest absolute Gasteiger partial charge is 0.0621 e. The van der Waals surface area contributed by atoms with Crippen LogP contribution in [0.5, 0.6) is 0 Å². The summed E-state index contributed by atoms with van der Waals surface area (Å²) in [6.45, 7) is 0. The molecule has 0 spiro atoms. The van der Waals surface area contributed by atoms with E-state index in [0.717, 1.165) is 30.6 Å². The van der Waals surface area contributed by atoms with Crippen molar-refractivity contribution in [3.05, 3.63) is 12.2 Å². The minimum Gasteiger partial charge on any atom is -0.198 e. The van der Waals surface area contributed by atoms with E-state index in [9.17, 15) is 0 Å². The molecule has 2 rings (SSSR count). The maximum Gasteiger partial charge on any atom is 0.0621 e. The summed E-state index contributed by atoms with van der Waals surface area (Å²) in [4.78, 5) is 0. The molecule has 0 aromatic heterocycles. The predicted molar refractivity (Wildman–Crippen MR) is 71.4 cm³/mol. The second kappa shape index (κ2) is 6.84. The average molecular weight is 231 g/mol. The van der Waals surface area contributed by atoms with Crippen LogP contribution >= 0.6 is 0 Å². The Kier molecular flexibility index (Phi) is 5.10. The average Bonchev–Trinajstić information content (AvgIpc) is 2.94. The second-order valence-electron chi connectivity index (χ2n) is 5.86. The molecule has 1 nitrogen and oxygen atoms in total. The van der Waals surface area contributed by atoms with E-state index in [4.69, 9.17) is 5.26 Å². The van der Waals surface area contributed by atoms with Crippen molar-refractivity contribution in [3.8, 4) is 6.07 Å². The van der Waals surface area contributed by atoms with E-state index in [1.807, 2.05) is 0 Å². The summed E-state index contributed by atoms with van der Waals surface area (Å²) in [5.74, 6) is 2.90. The summed E-state index contributed by atoms with van der Waals surface area (Å²) in [5.41, 5.74) is 0. The number of rotatable bonds is 8. The third kappa shape index (κ3) is 3.87. The van der Waals surface area contributed by atoms with Crippen LogP contribution in [0.3, 0.4) is 0 Å². The number of allylic oxidation sites excluding steroid dienone is 2. The molecule has 0 radical (unpaired) electrons. The first kappa shape index (κ1) is 12.7. The second-order valence-corrected chi connectivity index (χ2v) is 5.86. The third-order valence-electron chi connectivity index (χ3n) is 4.53. The van der Waals surface area contributed by atoms with Gasteiger partial charge in [0.1, 0.15) is 0 Å². The Bertz CT molecular complexity index is 286. The largest absolute Gasteiger partial charge is 0.198 e. The van der Waals surface area contributed by atoms with Crippen molar-refractivity contribution in [2.24, 2.45) is 17.8 Å². The van der Waals surface area contributed by atoms with Crippen molar-refractivity contribution in [2.45, 2.75) is 64.2 Å². The fourth-order valence-electron chi connectivity index (χ4n) is 3.54. The van der Waals surface area contributed by atoms with Crippen LogP contribution in [0, 0.1) is 29.1 Å². The zero-order valence-corrected chi connectivity index (χ0v) is 10.9. The highest BCUT2D eigenvalue weighted by Gasteiger charge is 2.34. The normalized spacial score (nSPS) is 29.7. The van der Waals surface area contributed by atoms with Crippen molar-refractivity contribution < 1.29 is 0 Å². The molecule has 17 heavy (non-hydrogen) atoms. The van der Waals surface area contributed by atoms with Crippen molar-refractivity contribution in [2.75, 3.05) is 0 Å². The Morgan fingerprint density at radius 1 is 0.941 bits per heavy atom. The van der Waals surface area contributed by atoms with Gasteiger partial charge in [0.2, 0.25) is 0 Å². The standard InChI is InChI=1S/C16H25N/c17-11-7-5-3-1-2-4-6-8-15-12-14-9-10-16(15)13-14/h9-10,14-16H,1-8,12-13H2. The molecule has 2 aliphatic rings. The fourth-order valence-corrected chi connectivity index (χ4v) is 3.54. The fraction of sp³-hybridized carbons (Fsp3) is 0.812. The van der Waals surface area contributed by atoms with Crippen LogP contribution in [-0.2, 0) is 0 Å². The predicted octanol–water partition coefficient (Wildman–Crippen LogP) is 4.84. The van der Waals surface area contributed by atoms with Gasteiger partial charge >= 0.3 is 0 Å². The van der Waals surface area contributed by atoms with E-state index in [1.165, 1.54) is 51.4 Å². The van der Waals surface area contributed by atoms with E-state index >= 15 is 0 Å². The van der Waals surface area contributed by atoms with E-state index in [1.54, 1.807) is 0 Å². The number of fused-ring (bicyclic) bond motifs is 2. The van der Waals surface area contributed by atoms with Gasteiger partial charge in [-0.3, -0.25) is 0 Å². The van der Waals surface area contributed by atoms with E-state index in [-0.39, 0.29) is 0 Å². The van der Waals surface area contributed by atoms with Gasteiger partial charge in [0.15, 0.2) is 0 Å². The molecule has 0 aromatic carbocycles. The van der Waals surface area contributed by atoms with Crippen LogP contribution in [0.4, 0.5) is 0 Å². The number of hydrogen-bond donors (Lipinski definition) is 0. The Hall–Kier alpha value is -0.770. The molecule has 0 amide bonds. The van der Waals surface area contributed by atoms with Crippen LogP contribution in [0.25, 0.3) is 0 Å². The van der Waals surface area contributed by atoms with Crippen molar-refractivity contribution in [1.29, 1.82) is 5.26 Å². The molecule has 3 unspecified atom stereocenters. The van der Waals surface area contributed by atoms with E-state index in [2.05, 4.69) is 18.2 Å². The zero-order chi connectivity index (χ0) is 11.9. The molecular formula is C16H25N. The third-order valence-corrected chi connectivity index (χ3v) is 4.53. The molecule has 1 saturated carbocycles. The number of nitrogens with zero attached hydrogens (tertiary/aromatic N) is 1. The molecule has 0 N–H and O–H groups in total. The lowest BCUT2D eigenvalue weighted by Gasteiger charge is -2.17. The van der Waals surface area contributed by atoms with Crippen LogP contribution in [0.2, 0.25) is 0 Å². The first-order chi connectivity index (χ1) is 8.40. The van der Waals surface area contributed by atoms with Crippen LogP contribution in [0.1, 0.15) is 64.2 Å². The lowest BCUT2D eigenvalue weighted by Crippen LogP contribution is -2.06. The first-order valence-electron chi connectivity index (χ1n) is 7.45. The number of nitriles is 1. The lowest BCUT2D eigenvalue weighted by atomic mass is 9.88. The topological polar surface area (TPSA) is 23.8 Å². The molecule has 3 atom stereocenters. The van der Waals surface area contributed by atoms with Gasteiger partial charge in [0, 0.05) is 6.42 Å². The van der Waals surface area contributed by atoms with E-state index in [0.29, 0.717) is 0 Å². The van der Waals surface area contributed by atoms with Gasteiger partial charge in [-0.05, 0) is 43.4 Å². The summed E-state index contributed by atoms with van der Waals surface area (Å²) in [5, 5.41) is 8.42. The number of hydrogen-bond acceptors (Lipinski definition) is 1. The molecule has 2 aliphatic carbocycles. The Balaban J connectivity index is 1.42. The van der Waals surface area contributed by atoms with Crippen molar-refractivity contribution >= 4 is 0 Å². The molecule has 1 heteroatoms.